The van der Waals surface area contributed by atoms with E-state index in [9.17, 15) is 19.8 Å². The number of hydrogen-bond acceptors (Lipinski definition) is 5. The molecule has 0 radical (unpaired) electrons. The molecular weight excluding hydrogens is 659 g/mol. The number of ether oxygens (including phenoxy) is 1. The number of nitrogens with one attached hydrogen (secondary N) is 1. The van der Waals surface area contributed by atoms with Crippen LogP contribution in [0.1, 0.15) is 226 Å². The highest BCUT2D eigenvalue weighted by atomic mass is 16.5. The van der Waals surface area contributed by atoms with Gasteiger partial charge in [-0.15, -0.1) is 0 Å². The molecule has 3 N–H and O–H groups in total. The third kappa shape index (κ3) is 36.8. The van der Waals surface area contributed by atoms with Crippen molar-refractivity contribution in [2.75, 3.05) is 6.61 Å². The van der Waals surface area contributed by atoms with E-state index in [0.29, 0.717) is 19.3 Å². The molecule has 0 saturated carbocycles. The topological polar surface area (TPSA) is 95.9 Å². The lowest BCUT2D eigenvalue weighted by atomic mass is 10.0. The summed E-state index contributed by atoms with van der Waals surface area (Å²) in [6.45, 7) is 6.32. The fraction of sp³-hybridized carbons (Fsp3) is 0.830. The molecular formula is C47H87NO5. The first kappa shape index (κ1) is 51.1. The highest BCUT2D eigenvalue weighted by Gasteiger charge is 2.24. The summed E-state index contributed by atoms with van der Waals surface area (Å²) >= 11 is 0. The molecule has 0 heterocycles. The minimum Gasteiger partial charge on any atom is -0.462 e. The Morgan fingerprint density at radius 3 is 1.53 bits per heavy atom. The normalized spacial score (nSPS) is 13.7. The molecule has 3 atom stereocenters. The van der Waals surface area contributed by atoms with Crippen LogP contribution in [0.4, 0.5) is 0 Å². The standard InChI is InChI=1S/C47H87NO5/c1-4-7-10-13-16-19-22-23-25-28-31-34-37-40-47(52)53-43(38-35-32-29-26-24-20-17-14-11-8-5-2)41-46(51)48-44(42-49)45(50)39-36-33-30-27-21-18-15-12-9-6-3/h7,10,13,16,19,22,43-45,49-50H,4-6,8-9,11-12,14-15,17-18,20-21,23-42H2,1-3H3,(H,48,51)/b10-7+,16-13+,22-19-. The molecule has 0 spiro atoms. The van der Waals surface area contributed by atoms with Crippen LogP contribution < -0.4 is 5.32 Å². The maximum absolute atomic E-state index is 13.1. The zero-order chi connectivity index (χ0) is 38.9. The van der Waals surface area contributed by atoms with Gasteiger partial charge in [-0.05, 0) is 44.9 Å². The second kappa shape index (κ2) is 41.2. The van der Waals surface area contributed by atoms with Crippen LogP contribution in [0.5, 0.6) is 0 Å². The van der Waals surface area contributed by atoms with Crippen LogP contribution in [0.2, 0.25) is 0 Å². The Bertz CT molecular complexity index is 884. The van der Waals surface area contributed by atoms with Gasteiger partial charge >= 0.3 is 5.97 Å². The maximum atomic E-state index is 13.1. The fourth-order valence-electron chi connectivity index (χ4n) is 6.84. The number of amides is 1. The van der Waals surface area contributed by atoms with E-state index in [0.717, 1.165) is 77.0 Å². The minimum absolute atomic E-state index is 0.0720. The number of carbonyl (C=O) groups is 2. The Balaban J connectivity index is 4.60. The number of hydrogen-bond donors (Lipinski definition) is 3. The Kier molecular flexibility index (Phi) is 39.8. The summed E-state index contributed by atoms with van der Waals surface area (Å²) in [7, 11) is 0. The van der Waals surface area contributed by atoms with Crippen molar-refractivity contribution in [2.24, 2.45) is 0 Å². The van der Waals surface area contributed by atoms with Crippen LogP contribution in [-0.4, -0.2) is 46.9 Å². The van der Waals surface area contributed by atoms with Gasteiger partial charge in [-0.3, -0.25) is 9.59 Å². The van der Waals surface area contributed by atoms with E-state index in [1.54, 1.807) is 0 Å². The molecule has 0 saturated heterocycles. The van der Waals surface area contributed by atoms with Gasteiger partial charge in [0.05, 0.1) is 25.2 Å². The Hall–Kier alpha value is -1.92. The van der Waals surface area contributed by atoms with Gasteiger partial charge in [0.2, 0.25) is 5.91 Å². The predicted octanol–water partition coefficient (Wildman–Crippen LogP) is 12.9. The van der Waals surface area contributed by atoms with Gasteiger partial charge in [0.1, 0.15) is 6.10 Å². The first-order valence-corrected chi connectivity index (χ1v) is 22.7. The van der Waals surface area contributed by atoms with Gasteiger partial charge in [0, 0.05) is 6.42 Å². The van der Waals surface area contributed by atoms with E-state index < -0.39 is 18.2 Å². The van der Waals surface area contributed by atoms with Crippen molar-refractivity contribution in [3.8, 4) is 0 Å². The molecule has 0 aromatic heterocycles. The van der Waals surface area contributed by atoms with Gasteiger partial charge in [0.15, 0.2) is 0 Å². The van der Waals surface area contributed by atoms with Gasteiger partial charge in [-0.1, -0.05) is 205 Å². The second-order valence-corrected chi connectivity index (χ2v) is 15.5. The molecule has 0 aromatic carbocycles. The first-order chi connectivity index (χ1) is 26.0. The number of rotatable bonds is 40. The average molecular weight is 746 g/mol. The Morgan fingerprint density at radius 2 is 1.02 bits per heavy atom. The quantitative estimate of drug-likeness (QED) is 0.0330. The van der Waals surface area contributed by atoms with Crippen molar-refractivity contribution in [2.45, 2.75) is 244 Å². The zero-order valence-corrected chi connectivity index (χ0v) is 35.1. The number of unbranched alkanes of at least 4 members (excludes halogenated alkanes) is 24. The number of carbonyl (C=O) groups excluding carboxylic acids is 2. The molecule has 6 nitrogen and oxygen atoms in total. The zero-order valence-electron chi connectivity index (χ0n) is 35.1. The first-order valence-electron chi connectivity index (χ1n) is 22.7. The summed E-state index contributed by atoms with van der Waals surface area (Å²) in [4.78, 5) is 25.9. The molecule has 0 rings (SSSR count). The van der Waals surface area contributed by atoms with Crippen LogP contribution in [-0.2, 0) is 14.3 Å². The Labute approximate surface area is 328 Å². The molecule has 310 valence electrons. The predicted molar refractivity (Wildman–Crippen MR) is 227 cm³/mol. The molecule has 0 fully saturated rings. The summed E-state index contributed by atoms with van der Waals surface area (Å²) < 4.78 is 5.89. The molecule has 6 heteroatoms. The monoisotopic (exact) mass is 746 g/mol. The number of aliphatic hydroxyl groups excluding tert-OH is 2. The lowest BCUT2D eigenvalue weighted by molar-refractivity contribution is -0.151. The van der Waals surface area contributed by atoms with Crippen molar-refractivity contribution in [1.82, 2.24) is 5.32 Å². The molecule has 0 aliphatic heterocycles. The summed E-state index contributed by atoms with van der Waals surface area (Å²) in [5.41, 5.74) is 0. The highest BCUT2D eigenvalue weighted by Crippen LogP contribution is 2.18. The van der Waals surface area contributed by atoms with Gasteiger partial charge < -0.3 is 20.3 Å². The van der Waals surface area contributed by atoms with Crippen molar-refractivity contribution < 1.29 is 24.5 Å². The summed E-state index contributed by atoms with van der Waals surface area (Å²) in [5, 5.41) is 23.6. The number of esters is 1. The fourth-order valence-corrected chi connectivity index (χ4v) is 6.84. The van der Waals surface area contributed by atoms with Gasteiger partial charge in [-0.2, -0.15) is 0 Å². The second-order valence-electron chi connectivity index (χ2n) is 15.5. The van der Waals surface area contributed by atoms with Crippen LogP contribution >= 0.6 is 0 Å². The number of aliphatic hydroxyl groups is 2. The third-order valence-electron chi connectivity index (χ3n) is 10.3. The van der Waals surface area contributed by atoms with E-state index in [4.69, 9.17) is 4.74 Å². The molecule has 0 aliphatic carbocycles. The van der Waals surface area contributed by atoms with E-state index in [1.807, 2.05) is 0 Å². The molecule has 0 aliphatic rings. The van der Waals surface area contributed by atoms with E-state index in [-0.39, 0.29) is 24.9 Å². The lowest BCUT2D eigenvalue weighted by Crippen LogP contribution is -2.46. The van der Waals surface area contributed by atoms with Gasteiger partial charge in [0.25, 0.3) is 0 Å². The van der Waals surface area contributed by atoms with E-state index >= 15 is 0 Å². The molecule has 3 unspecified atom stereocenters. The summed E-state index contributed by atoms with van der Waals surface area (Å²) in [5.74, 6) is -0.494. The molecule has 1 amide bonds. The highest BCUT2D eigenvalue weighted by molar-refractivity contribution is 5.77. The SMILES string of the molecule is CC/C=C/C=C/C=C\CCCCCCCC(=O)OC(CCCCCCCCCCCCC)CC(=O)NC(CO)C(O)CCCCCCCCCCCC. The maximum Gasteiger partial charge on any atom is 0.306 e. The largest absolute Gasteiger partial charge is 0.462 e. The molecule has 53 heavy (non-hydrogen) atoms. The smallest absolute Gasteiger partial charge is 0.306 e. The lowest BCUT2D eigenvalue weighted by Gasteiger charge is -2.24. The van der Waals surface area contributed by atoms with Gasteiger partial charge in [-0.25, -0.2) is 0 Å². The van der Waals surface area contributed by atoms with Crippen molar-refractivity contribution >= 4 is 11.9 Å². The molecule has 0 bridgehead atoms. The van der Waals surface area contributed by atoms with Crippen molar-refractivity contribution in [3.63, 3.8) is 0 Å². The minimum atomic E-state index is -0.786. The van der Waals surface area contributed by atoms with Crippen LogP contribution in [0, 0.1) is 0 Å². The van der Waals surface area contributed by atoms with E-state index in [1.165, 1.54) is 103 Å². The average Bonchev–Trinajstić information content (AvgIpc) is 3.15. The van der Waals surface area contributed by atoms with Crippen LogP contribution in [0.15, 0.2) is 36.5 Å². The summed E-state index contributed by atoms with van der Waals surface area (Å²) in [6.07, 6.45) is 46.3. The van der Waals surface area contributed by atoms with Crippen molar-refractivity contribution in [3.05, 3.63) is 36.5 Å². The summed E-state index contributed by atoms with van der Waals surface area (Å²) in [6, 6.07) is -0.700. The third-order valence-corrected chi connectivity index (χ3v) is 10.3. The van der Waals surface area contributed by atoms with Crippen LogP contribution in [0.25, 0.3) is 0 Å². The van der Waals surface area contributed by atoms with Crippen LogP contribution in [0.3, 0.4) is 0 Å². The number of allylic oxidation sites excluding steroid dienone is 6. The Morgan fingerprint density at radius 1 is 0.566 bits per heavy atom. The van der Waals surface area contributed by atoms with Crippen molar-refractivity contribution in [1.29, 1.82) is 0 Å². The van der Waals surface area contributed by atoms with E-state index in [2.05, 4.69) is 62.5 Å². The molecule has 0 aromatic rings.